The predicted octanol–water partition coefficient (Wildman–Crippen LogP) is 1.64. The predicted molar refractivity (Wildman–Crippen MR) is 117 cm³/mol. The zero-order valence-electron chi connectivity index (χ0n) is 18.4. The van der Waals surface area contributed by atoms with Crippen LogP contribution in [0.15, 0.2) is 48.5 Å². The molecule has 6 rings (SSSR count). The molecule has 2 aromatic rings. The highest BCUT2D eigenvalue weighted by Gasteiger charge is 2.81. The van der Waals surface area contributed by atoms with Crippen LogP contribution in [0, 0.1) is 5.41 Å². The van der Waals surface area contributed by atoms with Crippen molar-refractivity contribution in [3.63, 3.8) is 0 Å². The maximum atomic E-state index is 13.8. The van der Waals surface area contributed by atoms with Gasteiger partial charge in [0.1, 0.15) is 5.41 Å². The lowest BCUT2D eigenvalue weighted by atomic mass is 9.61. The monoisotopic (exact) mass is 459 g/mol. The summed E-state index contributed by atoms with van der Waals surface area (Å²) in [4.78, 5) is 70.1. The number of aliphatic hydroxyl groups is 1. The third-order valence-electron chi connectivity index (χ3n) is 8.28. The van der Waals surface area contributed by atoms with Gasteiger partial charge >= 0.3 is 5.97 Å². The maximum absolute atomic E-state index is 13.8. The normalized spacial score (nSPS) is 28.4. The second-order valence-electron chi connectivity index (χ2n) is 9.47. The number of benzene rings is 2. The summed E-state index contributed by atoms with van der Waals surface area (Å²) >= 11 is 0. The molecular formula is C26H21NO7. The molecule has 8 heteroatoms. The molecule has 0 saturated carbocycles. The van der Waals surface area contributed by atoms with Gasteiger partial charge in [0.2, 0.25) is 17.2 Å². The average Bonchev–Trinajstić information content (AvgIpc) is 3.56. The van der Waals surface area contributed by atoms with Crippen molar-refractivity contribution in [2.24, 2.45) is 5.41 Å². The summed E-state index contributed by atoms with van der Waals surface area (Å²) in [5.41, 5.74) is -6.22. The van der Waals surface area contributed by atoms with Crippen LogP contribution in [-0.4, -0.2) is 69.9 Å². The molecule has 1 N–H and O–H groups in total. The van der Waals surface area contributed by atoms with Gasteiger partial charge in [-0.15, -0.1) is 0 Å². The van der Waals surface area contributed by atoms with E-state index in [2.05, 4.69) is 0 Å². The molecule has 2 unspecified atom stereocenters. The van der Waals surface area contributed by atoms with E-state index in [1.807, 2.05) is 0 Å². The number of hydrogen-bond acceptors (Lipinski definition) is 8. The van der Waals surface area contributed by atoms with Gasteiger partial charge in [0.05, 0.1) is 7.11 Å². The van der Waals surface area contributed by atoms with Gasteiger partial charge in [-0.05, 0) is 19.4 Å². The standard InChI is InChI=1S/C26H21NO7/c1-34-23(32)24(26(33)21(30)16-9-4-5-10-17(16)22(26)31)13-25(27-12-6-11-18(24)27)19(28)14-7-2-3-8-15(14)20(25)29/h2-5,7-10,18,33H,6,11-13H2,1H3. The van der Waals surface area contributed by atoms with Gasteiger partial charge in [-0.3, -0.25) is 28.9 Å². The number of ketones is 4. The molecule has 0 bridgehead atoms. The van der Waals surface area contributed by atoms with E-state index in [-0.39, 0.29) is 22.3 Å². The highest BCUT2D eigenvalue weighted by molar-refractivity contribution is 6.36. The largest absolute Gasteiger partial charge is 0.468 e. The minimum absolute atomic E-state index is 0.0103. The van der Waals surface area contributed by atoms with E-state index >= 15 is 0 Å². The third-order valence-corrected chi connectivity index (χ3v) is 8.28. The first-order valence-corrected chi connectivity index (χ1v) is 11.2. The number of ether oxygens (including phenoxy) is 1. The molecule has 34 heavy (non-hydrogen) atoms. The smallest absolute Gasteiger partial charge is 0.317 e. The molecule has 4 aliphatic rings. The van der Waals surface area contributed by atoms with E-state index in [9.17, 15) is 29.1 Å². The molecule has 2 atom stereocenters. The summed E-state index contributed by atoms with van der Waals surface area (Å²) in [5, 5.41) is 12.0. The average molecular weight is 459 g/mol. The van der Waals surface area contributed by atoms with Crippen LogP contribution in [0.3, 0.4) is 0 Å². The van der Waals surface area contributed by atoms with E-state index < -0.39 is 58.1 Å². The Kier molecular flexibility index (Phi) is 4.06. The van der Waals surface area contributed by atoms with Crippen LogP contribution in [0.1, 0.15) is 60.7 Å². The zero-order chi connectivity index (χ0) is 24.0. The number of carbonyl (C=O) groups is 5. The Hall–Kier alpha value is -3.49. The van der Waals surface area contributed by atoms with Crippen molar-refractivity contribution in [2.75, 3.05) is 13.7 Å². The van der Waals surface area contributed by atoms with E-state index in [4.69, 9.17) is 4.74 Å². The Morgan fingerprint density at radius 3 is 1.82 bits per heavy atom. The fourth-order valence-electron chi connectivity index (χ4n) is 6.89. The van der Waals surface area contributed by atoms with E-state index in [0.717, 1.165) is 7.11 Å². The molecule has 2 aliphatic carbocycles. The van der Waals surface area contributed by atoms with Gasteiger partial charge < -0.3 is 9.84 Å². The van der Waals surface area contributed by atoms with Crippen molar-refractivity contribution in [2.45, 2.75) is 36.4 Å². The van der Waals surface area contributed by atoms with Crippen molar-refractivity contribution < 1.29 is 33.8 Å². The number of hydrogen-bond donors (Lipinski definition) is 1. The summed E-state index contributed by atoms with van der Waals surface area (Å²) in [6.07, 6.45) is 0.325. The van der Waals surface area contributed by atoms with Crippen LogP contribution in [0.4, 0.5) is 0 Å². The SMILES string of the molecule is COC(=O)C1(C2(O)C(=O)c3ccccc3C2=O)CC2(C(=O)c3ccccc3C2=O)N2CCCC21. The number of nitrogens with zero attached hydrogens (tertiary/aromatic N) is 1. The summed E-state index contributed by atoms with van der Waals surface area (Å²) in [7, 11) is 1.11. The molecule has 0 amide bonds. The highest BCUT2D eigenvalue weighted by atomic mass is 16.5. The molecule has 0 aromatic heterocycles. The van der Waals surface area contributed by atoms with Crippen LogP contribution in [0.5, 0.6) is 0 Å². The number of esters is 1. The van der Waals surface area contributed by atoms with E-state index in [1.54, 1.807) is 41.3 Å². The summed E-state index contributed by atoms with van der Waals surface area (Å²) in [6.45, 7) is 0.306. The lowest BCUT2D eigenvalue weighted by Crippen LogP contribution is -2.64. The van der Waals surface area contributed by atoms with Gasteiger partial charge in [-0.2, -0.15) is 0 Å². The molecule has 8 nitrogen and oxygen atoms in total. The summed E-state index contributed by atoms with van der Waals surface area (Å²) in [6, 6.07) is 11.5. The van der Waals surface area contributed by atoms with Crippen molar-refractivity contribution in [3.05, 3.63) is 70.8 Å². The Balaban J connectivity index is 1.62. The molecule has 2 heterocycles. The second kappa shape index (κ2) is 6.55. The topological polar surface area (TPSA) is 118 Å². The maximum Gasteiger partial charge on any atom is 0.317 e. The van der Waals surface area contributed by atoms with Gasteiger partial charge in [0.15, 0.2) is 17.1 Å². The Morgan fingerprint density at radius 1 is 0.882 bits per heavy atom. The van der Waals surface area contributed by atoms with Crippen LogP contribution in [0.25, 0.3) is 0 Å². The fourth-order valence-corrected chi connectivity index (χ4v) is 6.89. The van der Waals surface area contributed by atoms with Crippen molar-refractivity contribution in [1.29, 1.82) is 0 Å². The van der Waals surface area contributed by atoms with Gasteiger partial charge in [0, 0.05) is 34.7 Å². The van der Waals surface area contributed by atoms with Crippen LogP contribution in [0.2, 0.25) is 0 Å². The molecule has 172 valence electrons. The van der Waals surface area contributed by atoms with Crippen molar-refractivity contribution >= 4 is 29.1 Å². The third kappa shape index (κ3) is 2.01. The molecular weight excluding hydrogens is 438 g/mol. The molecule has 2 aromatic carbocycles. The minimum Gasteiger partial charge on any atom is -0.468 e. The summed E-state index contributed by atoms with van der Waals surface area (Å²) in [5.74, 6) is -3.75. The first kappa shape index (κ1) is 21.1. The second-order valence-corrected chi connectivity index (χ2v) is 9.47. The van der Waals surface area contributed by atoms with Gasteiger partial charge in [-0.25, -0.2) is 0 Å². The first-order valence-electron chi connectivity index (χ1n) is 11.2. The number of Topliss-reactive ketones (excluding diaryl/α,β-unsaturated/α-hetero) is 4. The molecule has 0 radical (unpaired) electrons. The number of rotatable bonds is 2. The van der Waals surface area contributed by atoms with E-state index in [1.165, 1.54) is 12.1 Å². The zero-order valence-corrected chi connectivity index (χ0v) is 18.4. The fraction of sp³-hybridized carbons (Fsp3) is 0.346. The lowest BCUT2D eigenvalue weighted by molar-refractivity contribution is -0.165. The Bertz CT molecular complexity index is 1270. The van der Waals surface area contributed by atoms with Crippen molar-refractivity contribution in [3.8, 4) is 0 Å². The number of fused-ring (bicyclic) bond motifs is 4. The van der Waals surface area contributed by atoms with Gasteiger partial charge in [-0.1, -0.05) is 48.5 Å². The quantitative estimate of drug-likeness (QED) is 0.532. The van der Waals surface area contributed by atoms with Crippen LogP contribution < -0.4 is 0 Å². The lowest BCUT2D eigenvalue weighted by Gasteiger charge is -2.41. The van der Waals surface area contributed by atoms with Gasteiger partial charge in [0.25, 0.3) is 0 Å². The summed E-state index contributed by atoms with van der Waals surface area (Å²) < 4.78 is 5.12. The highest BCUT2D eigenvalue weighted by Crippen LogP contribution is 2.62. The Morgan fingerprint density at radius 2 is 1.35 bits per heavy atom. The molecule has 1 spiro atoms. The molecule has 2 fully saturated rings. The number of carbonyl (C=O) groups excluding carboxylic acids is 5. The van der Waals surface area contributed by atoms with Crippen molar-refractivity contribution in [1.82, 2.24) is 4.90 Å². The minimum atomic E-state index is -2.80. The molecule has 2 aliphatic heterocycles. The van der Waals surface area contributed by atoms with E-state index in [0.29, 0.717) is 19.4 Å². The van der Waals surface area contributed by atoms with Crippen LogP contribution in [-0.2, 0) is 9.53 Å². The van der Waals surface area contributed by atoms with Crippen LogP contribution >= 0.6 is 0 Å². The molecule has 2 saturated heterocycles. The first-order chi connectivity index (χ1) is 16.3. The Labute approximate surface area is 194 Å². The number of methoxy groups -OCH3 is 1.